The first-order chi connectivity index (χ1) is 12.3. The second-order valence-electron chi connectivity index (χ2n) is 6.67. The van der Waals surface area contributed by atoms with Crippen LogP contribution in [0.3, 0.4) is 0 Å². The maximum absolute atomic E-state index is 12.9. The molecule has 1 saturated carbocycles. The van der Waals surface area contributed by atoms with Crippen molar-refractivity contribution in [2.24, 2.45) is 5.92 Å². The highest BCUT2D eigenvalue weighted by Gasteiger charge is 2.28. The van der Waals surface area contributed by atoms with E-state index in [-0.39, 0.29) is 15.8 Å². The zero-order valence-electron chi connectivity index (χ0n) is 14.4. The highest BCUT2D eigenvalue weighted by Crippen LogP contribution is 2.36. The lowest BCUT2D eigenvalue weighted by Gasteiger charge is -2.20. The predicted molar refractivity (Wildman–Crippen MR) is 103 cm³/mol. The minimum Gasteiger partial charge on any atom is -0.301 e. The van der Waals surface area contributed by atoms with Crippen LogP contribution in [0.25, 0.3) is 0 Å². The molecule has 1 radical (unpaired) electrons. The molecule has 1 heterocycles. The molecule has 3 rings (SSSR count). The Bertz CT molecular complexity index is 876. The zero-order chi connectivity index (χ0) is 18.7. The number of thiazole rings is 1. The summed E-state index contributed by atoms with van der Waals surface area (Å²) in [6.07, 6.45) is 9.13. The van der Waals surface area contributed by atoms with Crippen molar-refractivity contribution in [1.29, 1.82) is 0 Å². The lowest BCUT2D eigenvalue weighted by molar-refractivity contribution is -0.118. The number of carbonyl (C=O) groups is 1. The van der Waals surface area contributed by atoms with Crippen LogP contribution in [0.15, 0.2) is 28.5 Å². The van der Waals surface area contributed by atoms with Gasteiger partial charge in [-0.05, 0) is 30.0 Å². The van der Waals surface area contributed by atoms with E-state index in [2.05, 4.69) is 16.5 Å². The third-order valence-corrected chi connectivity index (χ3v) is 6.96. The quantitative estimate of drug-likeness (QED) is 0.768. The number of rotatable bonds is 6. The van der Waals surface area contributed by atoms with Gasteiger partial charge in [0.1, 0.15) is 6.20 Å². The smallest absolute Gasteiger partial charge is 0.233 e. The van der Waals surface area contributed by atoms with Gasteiger partial charge >= 0.3 is 0 Å². The summed E-state index contributed by atoms with van der Waals surface area (Å²) >= 11 is 7.51. The van der Waals surface area contributed by atoms with Gasteiger partial charge in [0.05, 0.1) is 15.8 Å². The van der Waals surface area contributed by atoms with Gasteiger partial charge in [0.15, 0.2) is 15.0 Å². The van der Waals surface area contributed by atoms with Crippen molar-refractivity contribution >= 4 is 43.8 Å². The predicted octanol–water partition coefficient (Wildman–Crippen LogP) is 4.30. The van der Waals surface area contributed by atoms with E-state index in [1.165, 1.54) is 30.2 Å². The van der Waals surface area contributed by atoms with Crippen LogP contribution in [-0.4, -0.2) is 25.6 Å². The molecule has 0 spiro atoms. The van der Waals surface area contributed by atoms with Crippen LogP contribution < -0.4 is 5.32 Å². The van der Waals surface area contributed by atoms with Crippen molar-refractivity contribution in [1.82, 2.24) is 4.98 Å². The van der Waals surface area contributed by atoms with Crippen molar-refractivity contribution in [2.75, 3.05) is 11.6 Å². The summed E-state index contributed by atoms with van der Waals surface area (Å²) in [5.74, 6) is -0.0569. The number of nitrogens with zero attached hydrogens (tertiary/aromatic N) is 1. The summed E-state index contributed by atoms with van der Waals surface area (Å²) < 4.78 is 23.6. The number of halogens is 1. The third kappa shape index (κ3) is 4.64. The Kier molecular flexibility index (Phi) is 5.99. The van der Waals surface area contributed by atoms with Gasteiger partial charge in [0, 0.05) is 11.6 Å². The van der Waals surface area contributed by atoms with E-state index >= 15 is 0 Å². The van der Waals surface area contributed by atoms with Crippen LogP contribution in [0, 0.1) is 12.1 Å². The molecule has 26 heavy (non-hydrogen) atoms. The maximum Gasteiger partial charge on any atom is 0.233 e. The number of amides is 1. The molecular formula is C18H20ClN2O3S2. The Morgan fingerprint density at radius 2 is 2.15 bits per heavy atom. The molecule has 5 nitrogen and oxygen atoms in total. The number of nitrogens with one attached hydrogen (secondary N) is 1. The SMILES string of the molecule is CS(=O)(=O)c1ccc(C(CC2CCCC2)C(=O)Nc2n[c]cs2)cc1Cl. The average molecular weight is 412 g/mol. The first kappa shape index (κ1) is 19.3. The fourth-order valence-corrected chi connectivity index (χ4v) is 5.27. The molecular weight excluding hydrogens is 392 g/mol. The Morgan fingerprint density at radius 1 is 1.42 bits per heavy atom. The minimum atomic E-state index is -3.40. The van der Waals surface area contributed by atoms with E-state index in [4.69, 9.17) is 11.6 Å². The standard InChI is InChI=1S/C18H20ClN2O3S2/c1-26(23,24)16-7-6-13(11-15(16)19)14(10-12-4-2-3-5-12)17(22)21-18-20-8-9-25-18/h6-7,9,11-12,14H,2-5,10H2,1H3,(H,20,21,22). The van der Waals surface area contributed by atoms with Crippen LogP contribution in [0.2, 0.25) is 5.02 Å². The monoisotopic (exact) mass is 411 g/mol. The largest absolute Gasteiger partial charge is 0.301 e. The number of aromatic nitrogens is 1. The highest BCUT2D eigenvalue weighted by atomic mass is 35.5. The summed E-state index contributed by atoms with van der Waals surface area (Å²) in [5.41, 5.74) is 0.729. The van der Waals surface area contributed by atoms with Gasteiger partial charge in [0.25, 0.3) is 0 Å². The van der Waals surface area contributed by atoms with Crippen LogP contribution >= 0.6 is 22.9 Å². The minimum absolute atomic E-state index is 0.0810. The van der Waals surface area contributed by atoms with Gasteiger partial charge in [-0.2, -0.15) is 0 Å². The molecule has 1 fully saturated rings. The van der Waals surface area contributed by atoms with E-state index < -0.39 is 15.8 Å². The second-order valence-corrected chi connectivity index (χ2v) is 9.92. The molecule has 1 amide bonds. The molecule has 0 bridgehead atoms. The molecule has 1 unspecified atom stereocenters. The topological polar surface area (TPSA) is 76.1 Å². The fourth-order valence-electron chi connectivity index (χ4n) is 3.45. The van der Waals surface area contributed by atoms with Crippen LogP contribution in [0.4, 0.5) is 5.13 Å². The van der Waals surface area contributed by atoms with Crippen molar-refractivity contribution in [2.45, 2.75) is 42.9 Å². The van der Waals surface area contributed by atoms with Crippen molar-refractivity contribution in [3.05, 3.63) is 40.4 Å². The molecule has 139 valence electrons. The molecule has 8 heteroatoms. The number of anilines is 1. The second kappa shape index (κ2) is 8.06. The van der Waals surface area contributed by atoms with E-state index in [1.807, 2.05) is 0 Å². The Balaban J connectivity index is 1.89. The number of hydrogen-bond acceptors (Lipinski definition) is 5. The van der Waals surface area contributed by atoms with Gasteiger partial charge in [-0.1, -0.05) is 43.4 Å². The molecule has 1 aromatic carbocycles. The molecule has 1 aliphatic carbocycles. The first-order valence-corrected chi connectivity index (χ1v) is 11.6. The summed E-state index contributed by atoms with van der Waals surface area (Å²) in [4.78, 5) is 16.9. The Labute approximate surface area is 162 Å². The molecule has 1 atom stereocenters. The Hall–Kier alpha value is -1.44. The molecule has 1 aromatic heterocycles. The third-order valence-electron chi connectivity index (χ3n) is 4.74. The van der Waals surface area contributed by atoms with Crippen molar-refractivity contribution in [3.8, 4) is 0 Å². The number of sulfone groups is 1. The molecule has 0 saturated heterocycles. The summed E-state index contributed by atoms with van der Waals surface area (Å²) in [6.45, 7) is 0. The molecule has 1 N–H and O–H groups in total. The van der Waals surface area contributed by atoms with E-state index in [0.717, 1.165) is 31.1 Å². The van der Waals surface area contributed by atoms with E-state index in [0.29, 0.717) is 11.0 Å². The average Bonchev–Trinajstić information content (AvgIpc) is 3.24. The van der Waals surface area contributed by atoms with Crippen molar-refractivity contribution in [3.63, 3.8) is 0 Å². The van der Waals surface area contributed by atoms with Gasteiger partial charge < -0.3 is 5.32 Å². The number of carbonyl (C=O) groups excluding carboxylic acids is 1. The van der Waals surface area contributed by atoms with E-state index in [9.17, 15) is 13.2 Å². The van der Waals surface area contributed by atoms with Gasteiger partial charge in [-0.15, -0.1) is 11.3 Å². The van der Waals surface area contributed by atoms with Gasteiger partial charge in [-0.3, -0.25) is 4.79 Å². The summed E-state index contributed by atoms with van der Waals surface area (Å²) in [6, 6.07) is 4.78. The summed E-state index contributed by atoms with van der Waals surface area (Å²) in [7, 11) is -3.40. The molecule has 2 aromatic rings. The Morgan fingerprint density at radius 3 is 2.73 bits per heavy atom. The normalized spacial score (nSPS) is 16.5. The number of benzene rings is 1. The molecule has 1 aliphatic rings. The van der Waals surface area contributed by atoms with Crippen molar-refractivity contribution < 1.29 is 13.2 Å². The van der Waals surface area contributed by atoms with E-state index in [1.54, 1.807) is 17.5 Å². The molecule has 0 aliphatic heterocycles. The lowest BCUT2D eigenvalue weighted by atomic mass is 9.87. The van der Waals surface area contributed by atoms with Crippen LogP contribution in [0.5, 0.6) is 0 Å². The first-order valence-electron chi connectivity index (χ1n) is 8.46. The highest BCUT2D eigenvalue weighted by molar-refractivity contribution is 7.90. The maximum atomic E-state index is 12.9. The zero-order valence-corrected chi connectivity index (χ0v) is 16.8. The van der Waals surface area contributed by atoms with Crippen LogP contribution in [-0.2, 0) is 14.6 Å². The van der Waals surface area contributed by atoms with Gasteiger partial charge in [-0.25, -0.2) is 13.4 Å². The summed E-state index contributed by atoms with van der Waals surface area (Å²) in [5, 5.41) is 5.17. The lowest BCUT2D eigenvalue weighted by Crippen LogP contribution is -2.23. The van der Waals surface area contributed by atoms with Gasteiger partial charge in [0.2, 0.25) is 5.91 Å². The van der Waals surface area contributed by atoms with Crippen LogP contribution in [0.1, 0.15) is 43.6 Å². The fraction of sp³-hybridized carbons (Fsp3) is 0.444. The number of hydrogen-bond donors (Lipinski definition) is 1.